The van der Waals surface area contributed by atoms with Gasteiger partial charge in [0.25, 0.3) is 0 Å². The molecule has 0 bridgehead atoms. The second-order valence-electron chi connectivity index (χ2n) is 5.82. The number of piperazine rings is 1. The van der Waals surface area contributed by atoms with Crippen LogP contribution < -0.4 is 10.1 Å². The van der Waals surface area contributed by atoms with Crippen molar-refractivity contribution >= 4 is 0 Å². The lowest BCUT2D eigenvalue weighted by molar-refractivity contribution is 0.151. The Balaban J connectivity index is 2.25. The number of ether oxygens (including phenoxy) is 1. The van der Waals surface area contributed by atoms with Crippen molar-refractivity contribution in [3.63, 3.8) is 0 Å². The Morgan fingerprint density at radius 3 is 2.55 bits per heavy atom. The van der Waals surface area contributed by atoms with E-state index in [1.54, 1.807) is 7.11 Å². The van der Waals surface area contributed by atoms with Crippen LogP contribution in [0.1, 0.15) is 31.9 Å². The summed E-state index contributed by atoms with van der Waals surface area (Å²) in [5.41, 5.74) is 0.793. The van der Waals surface area contributed by atoms with E-state index in [1.807, 2.05) is 12.1 Å². The van der Waals surface area contributed by atoms with Gasteiger partial charge in [0.15, 0.2) is 0 Å². The molecule has 1 heterocycles. The van der Waals surface area contributed by atoms with Crippen LogP contribution in [-0.4, -0.2) is 38.2 Å². The molecule has 0 spiro atoms. The number of methoxy groups -OCH3 is 1. The molecule has 1 saturated heterocycles. The molecule has 20 heavy (non-hydrogen) atoms. The summed E-state index contributed by atoms with van der Waals surface area (Å²) in [7, 11) is 1.57. The second kappa shape index (κ2) is 7.04. The van der Waals surface area contributed by atoms with Crippen LogP contribution in [0.2, 0.25) is 0 Å². The summed E-state index contributed by atoms with van der Waals surface area (Å²) in [4.78, 5) is 2.39. The van der Waals surface area contributed by atoms with Gasteiger partial charge in [0.2, 0.25) is 0 Å². The van der Waals surface area contributed by atoms with Gasteiger partial charge in [-0.1, -0.05) is 19.9 Å². The molecule has 0 radical (unpaired) electrons. The first kappa shape index (κ1) is 15.3. The molecule has 0 unspecified atom stereocenters. The fourth-order valence-electron chi connectivity index (χ4n) is 2.82. The summed E-state index contributed by atoms with van der Waals surface area (Å²) in [6.07, 6.45) is 0.975. The number of hydrogen-bond donors (Lipinski definition) is 1. The minimum atomic E-state index is -0.159. The van der Waals surface area contributed by atoms with Crippen LogP contribution in [0.15, 0.2) is 18.2 Å². The highest BCUT2D eigenvalue weighted by Crippen LogP contribution is 2.31. The molecule has 2 rings (SSSR count). The van der Waals surface area contributed by atoms with E-state index >= 15 is 0 Å². The molecule has 1 N–H and O–H groups in total. The fraction of sp³-hybridized carbons (Fsp3) is 0.625. The molecular weight excluding hydrogens is 255 g/mol. The van der Waals surface area contributed by atoms with Crippen molar-refractivity contribution in [2.75, 3.05) is 33.3 Å². The maximum absolute atomic E-state index is 14.4. The summed E-state index contributed by atoms with van der Waals surface area (Å²) in [6, 6.07) is 5.38. The topological polar surface area (TPSA) is 24.5 Å². The van der Waals surface area contributed by atoms with Gasteiger partial charge in [0.05, 0.1) is 7.11 Å². The van der Waals surface area contributed by atoms with Gasteiger partial charge in [-0.3, -0.25) is 4.90 Å². The average Bonchev–Trinajstić information content (AvgIpc) is 2.45. The van der Waals surface area contributed by atoms with Crippen LogP contribution in [0.25, 0.3) is 0 Å². The van der Waals surface area contributed by atoms with Crippen molar-refractivity contribution in [1.29, 1.82) is 0 Å². The van der Waals surface area contributed by atoms with Gasteiger partial charge in [0.1, 0.15) is 11.6 Å². The molecule has 1 fully saturated rings. The van der Waals surface area contributed by atoms with Crippen molar-refractivity contribution in [2.24, 2.45) is 5.92 Å². The summed E-state index contributed by atoms with van der Waals surface area (Å²) in [6.45, 7) is 8.29. The van der Waals surface area contributed by atoms with E-state index in [0.717, 1.165) is 38.2 Å². The molecule has 0 aliphatic carbocycles. The van der Waals surface area contributed by atoms with Crippen molar-refractivity contribution in [2.45, 2.75) is 26.3 Å². The molecular formula is C16H25FN2O. The van der Waals surface area contributed by atoms with Gasteiger partial charge in [-0.2, -0.15) is 0 Å². The molecule has 0 saturated carbocycles. The Labute approximate surface area is 121 Å². The second-order valence-corrected chi connectivity index (χ2v) is 5.82. The Kier molecular flexibility index (Phi) is 5.38. The average molecular weight is 280 g/mol. The minimum Gasteiger partial charge on any atom is -0.497 e. The van der Waals surface area contributed by atoms with Gasteiger partial charge >= 0.3 is 0 Å². The van der Waals surface area contributed by atoms with Crippen molar-refractivity contribution in [3.8, 4) is 5.75 Å². The van der Waals surface area contributed by atoms with E-state index in [0.29, 0.717) is 11.7 Å². The highest BCUT2D eigenvalue weighted by molar-refractivity contribution is 5.31. The normalized spacial score (nSPS) is 18.2. The summed E-state index contributed by atoms with van der Waals surface area (Å²) in [5.74, 6) is 0.958. The molecule has 0 amide bonds. The summed E-state index contributed by atoms with van der Waals surface area (Å²) in [5, 5.41) is 3.35. The van der Waals surface area contributed by atoms with E-state index < -0.39 is 0 Å². The SMILES string of the molecule is COc1ccc([C@@H](CC(C)C)N2CCNCC2)c(F)c1. The minimum absolute atomic E-state index is 0.156. The molecule has 3 nitrogen and oxygen atoms in total. The van der Waals surface area contributed by atoms with Crippen LogP contribution >= 0.6 is 0 Å². The number of hydrogen-bond acceptors (Lipinski definition) is 3. The summed E-state index contributed by atoms with van der Waals surface area (Å²) >= 11 is 0. The first-order valence-corrected chi connectivity index (χ1v) is 7.40. The molecule has 1 aromatic rings. The lowest BCUT2D eigenvalue weighted by Gasteiger charge is -2.36. The molecule has 1 atom stereocenters. The first-order chi connectivity index (χ1) is 9.61. The smallest absolute Gasteiger partial charge is 0.131 e. The highest BCUT2D eigenvalue weighted by atomic mass is 19.1. The maximum Gasteiger partial charge on any atom is 0.131 e. The van der Waals surface area contributed by atoms with E-state index in [1.165, 1.54) is 6.07 Å². The maximum atomic E-state index is 14.4. The van der Waals surface area contributed by atoms with E-state index in [-0.39, 0.29) is 11.9 Å². The van der Waals surface area contributed by atoms with E-state index in [9.17, 15) is 4.39 Å². The van der Waals surface area contributed by atoms with Crippen LogP contribution in [0.5, 0.6) is 5.75 Å². The monoisotopic (exact) mass is 280 g/mol. The molecule has 1 aliphatic rings. The number of nitrogens with zero attached hydrogens (tertiary/aromatic N) is 1. The van der Waals surface area contributed by atoms with Crippen molar-refractivity contribution in [1.82, 2.24) is 10.2 Å². The van der Waals surface area contributed by atoms with Gasteiger partial charge in [-0.25, -0.2) is 4.39 Å². The zero-order chi connectivity index (χ0) is 14.5. The standard InChI is InChI=1S/C16H25FN2O/c1-12(2)10-16(19-8-6-18-7-9-19)14-5-4-13(20-3)11-15(14)17/h4-5,11-12,16,18H,6-10H2,1-3H3/t16-/m1/s1. The van der Waals surface area contributed by atoms with Gasteiger partial charge < -0.3 is 10.1 Å². The van der Waals surface area contributed by atoms with Crippen LogP contribution in [0.4, 0.5) is 4.39 Å². The quantitative estimate of drug-likeness (QED) is 0.897. The molecule has 112 valence electrons. The lowest BCUT2D eigenvalue weighted by atomic mass is 9.94. The predicted octanol–water partition coefficient (Wildman–Crippen LogP) is 2.83. The first-order valence-electron chi connectivity index (χ1n) is 7.40. The van der Waals surface area contributed by atoms with Crippen LogP contribution in [0, 0.1) is 11.7 Å². The van der Waals surface area contributed by atoms with E-state index in [4.69, 9.17) is 4.74 Å². The van der Waals surface area contributed by atoms with Crippen molar-refractivity contribution < 1.29 is 9.13 Å². The van der Waals surface area contributed by atoms with Gasteiger partial charge in [0, 0.05) is 43.9 Å². The Bertz CT molecular complexity index is 430. The highest BCUT2D eigenvalue weighted by Gasteiger charge is 2.25. The van der Waals surface area contributed by atoms with Crippen LogP contribution in [-0.2, 0) is 0 Å². The number of halogens is 1. The lowest BCUT2D eigenvalue weighted by Crippen LogP contribution is -2.45. The zero-order valence-electron chi connectivity index (χ0n) is 12.7. The fourth-order valence-corrected chi connectivity index (χ4v) is 2.82. The Morgan fingerprint density at radius 2 is 2.00 bits per heavy atom. The molecule has 1 aromatic carbocycles. The third kappa shape index (κ3) is 3.70. The number of rotatable bonds is 5. The number of nitrogens with one attached hydrogen (secondary N) is 1. The number of benzene rings is 1. The molecule has 1 aliphatic heterocycles. The van der Waals surface area contributed by atoms with Crippen LogP contribution in [0.3, 0.4) is 0 Å². The third-order valence-electron chi connectivity index (χ3n) is 3.85. The Morgan fingerprint density at radius 1 is 1.30 bits per heavy atom. The van der Waals surface area contributed by atoms with Gasteiger partial charge in [-0.05, 0) is 18.4 Å². The predicted molar refractivity (Wildman–Crippen MR) is 79.6 cm³/mol. The van der Waals surface area contributed by atoms with Crippen molar-refractivity contribution in [3.05, 3.63) is 29.6 Å². The largest absolute Gasteiger partial charge is 0.497 e. The summed E-state index contributed by atoms with van der Waals surface area (Å²) < 4.78 is 19.5. The zero-order valence-corrected chi connectivity index (χ0v) is 12.7. The molecule has 0 aromatic heterocycles. The Hall–Kier alpha value is -1.13. The third-order valence-corrected chi connectivity index (χ3v) is 3.85. The molecule has 4 heteroatoms. The van der Waals surface area contributed by atoms with Gasteiger partial charge in [-0.15, -0.1) is 0 Å². The van der Waals surface area contributed by atoms with E-state index in [2.05, 4.69) is 24.1 Å².